The van der Waals surface area contributed by atoms with E-state index in [1.165, 1.54) is 5.56 Å². The van der Waals surface area contributed by atoms with Crippen LogP contribution in [-0.2, 0) is 11.2 Å². The van der Waals surface area contributed by atoms with Crippen LogP contribution in [0.5, 0.6) is 0 Å². The van der Waals surface area contributed by atoms with E-state index in [1.54, 1.807) is 22.7 Å². The molecule has 1 amide bonds. The second-order valence-corrected chi connectivity index (χ2v) is 7.12. The van der Waals surface area contributed by atoms with Crippen LogP contribution in [0.2, 0.25) is 0 Å². The van der Waals surface area contributed by atoms with Crippen LogP contribution in [-0.4, -0.2) is 23.1 Å². The van der Waals surface area contributed by atoms with Gasteiger partial charge in [0.05, 0.1) is 6.42 Å². The van der Waals surface area contributed by atoms with E-state index in [1.807, 2.05) is 34.2 Å². The van der Waals surface area contributed by atoms with E-state index >= 15 is 0 Å². The molecule has 2 aromatic heterocycles. The van der Waals surface area contributed by atoms with E-state index in [-0.39, 0.29) is 11.3 Å². The number of thioether (sulfide) groups is 1. The molecule has 5 heteroatoms. The molecule has 3 heterocycles. The molecule has 1 aliphatic rings. The van der Waals surface area contributed by atoms with Crippen molar-refractivity contribution in [2.24, 2.45) is 0 Å². The van der Waals surface area contributed by atoms with Gasteiger partial charge in [-0.25, -0.2) is 0 Å². The Kier molecular flexibility index (Phi) is 3.72. The fraction of sp³-hybridized carbons (Fsp3) is 0.308. The van der Waals surface area contributed by atoms with Crippen molar-refractivity contribution in [1.82, 2.24) is 4.90 Å². The first-order valence-corrected chi connectivity index (χ1v) is 8.67. The Morgan fingerprint density at radius 3 is 3.06 bits per heavy atom. The van der Waals surface area contributed by atoms with Crippen molar-refractivity contribution in [3.05, 3.63) is 44.8 Å². The van der Waals surface area contributed by atoms with Gasteiger partial charge in [-0.05, 0) is 33.8 Å². The van der Waals surface area contributed by atoms with E-state index in [0.717, 1.165) is 17.2 Å². The van der Waals surface area contributed by atoms with E-state index < -0.39 is 0 Å². The summed E-state index contributed by atoms with van der Waals surface area (Å²) in [4.78, 5) is 15.5. The van der Waals surface area contributed by atoms with Crippen LogP contribution in [0.4, 0.5) is 0 Å². The molecule has 0 N–H and O–H groups in total. The third-order valence-electron chi connectivity index (χ3n) is 2.95. The molecule has 0 spiro atoms. The molecule has 0 unspecified atom stereocenters. The largest absolute Gasteiger partial charge is 0.325 e. The van der Waals surface area contributed by atoms with Gasteiger partial charge >= 0.3 is 0 Å². The first-order chi connectivity index (χ1) is 8.84. The SMILES string of the molecule is O=C(Cc1cccs1)N1CCS[C@@H]1c1ccsc1. The molecule has 1 aliphatic heterocycles. The third-order valence-corrected chi connectivity index (χ3v) is 5.78. The van der Waals surface area contributed by atoms with E-state index in [4.69, 9.17) is 0 Å². The van der Waals surface area contributed by atoms with Gasteiger partial charge < -0.3 is 4.90 Å². The molecule has 1 fully saturated rings. The summed E-state index contributed by atoms with van der Waals surface area (Å²) in [7, 11) is 0. The van der Waals surface area contributed by atoms with Crippen molar-refractivity contribution in [2.45, 2.75) is 11.8 Å². The van der Waals surface area contributed by atoms with Gasteiger partial charge in [0.1, 0.15) is 5.37 Å². The number of carbonyl (C=O) groups excluding carboxylic acids is 1. The lowest BCUT2D eigenvalue weighted by Crippen LogP contribution is -2.31. The summed E-state index contributed by atoms with van der Waals surface area (Å²) in [5.74, 6) is 1.29. The zero-order chi connectivity index (χ0) is 12.4. The topological polar surface area (TPSA) is 20.3 Å². The fourth-order valence-corrected chi connectivity index (χ4v) is 4.81. The molecule has 0 aliphatic carbocycles. The maximum Gasteiger partial charge on any atom is 0.229 e. The van der Waals surface area contributed by atoms with Crippen molar-refractivity contribution in [2.75, 3.05) is 12.3 Å². The second-order valence-electron chi connectivity index (χ2n) is 4.12. The summed E-state index contributed by atoms with van der Waals surface area (Å²) >= 11 is 5.22. The van der Waals surface area contributed by atoms with Gasteiger partial charge in [-0.3, -0.25) is 4.79 Å². The Morgan fingerprint density at radius 2 is 2.33 bits per heavy atom. The first-order valence-electron chi connectivity index (χ1n) is 5.80. The number of amides is 1. The monoisotopic (exact) mass is 295 g/mol. The molecule has 1 atom stereocenters. The number of nitrogens with zero attached hydrogens (tertiary/aromatic N) is 1. The van der Waals surface area contributed by atoms with Crippen LogP contribution in [0.25, 0.3) is 0 Å². The molecule has 2 aromatic rings. The number of hydrogen-bond acceptors (Lipinski definition) is 4. The predicted molar refractivity (Wildman–Crippen MR) is 79.3 cm³/mol. The highest BCUT2D eigenvalue weighted by Gasteiger charge is 2.30. The van der Waals surface area contributed by atoms with Crippen LogP contribution in [0.3, 0.4) is 0 Å². The van der Waals surface area contributed by atoms with Crippen molar-refractivity contribution >= 4 is 40.3 Å². The van der Waals surface area contributed by atoms with Gasteiger partial charge in [0.15, 0.2) is 0 Å². The fourth-order valence-electron chi connectivity index (χ4n) is 2.08. The summed E-state index contributed by atoms with van der Waals surface area (Å²) in [5.41, 5.74) is 1.27. The normalized spacial score (nSPS) is 19.3. The minimum Gasteiger partial charge on any atom is -0.325 e. The van der Waals surface area contributed by atoms with Crippen molar-refractivity contribution in [3.63, 3.8) is 0 Å². The molecular formula is C13H13NOS3. The molecule has 94 valence electrons. The quantitative estimate of drug-likeness (QED) is 0.862. The summed E-state index contributed by atoms with van der Waals surface area (Å²) in [6.07, 6.45) is 0.541. The average molecular weight is 295 g/mol. The highest BCUT2D eigenvalue weighted by molar-refractivity contribution is 7.99. The zero-order valence-corrected chi connectivity index (χ0v) is 12.2. The molecular weight excluding hydrogens is 282 g/mol. The minimum absolute atomic E-state index is 0.226. The summed E-state index contributed by atoms with van der Waals surface area (Å²) in [6, 6.07) is 6.16. The summed E-state index contributed by atoms with van der Waals surface area (Å²) in [6.45, 7) is 0.870. The van der Waals surface area contributed by atoms with E-state index in [9.17, 15) is 4.79 Å². The smallest absolute Gasteiger partial charge is 0.229 e. The highest BCUT2D eigenvalue weighted by atomic mass is 32.2. The lowest BCUT2D eigenvalue weighted by molar-refractivity contribution is -0.130. The molecule has 0 aromatic carbocycles. The van der Waals surface area contributed by atoms with E-state index in [0.29, 0.717) is 6.42 Å². The lowest BCUT2D eigenvalue weighted by Gasteiger charge is -2.23. The predicted octanol–water partition coefficient (Wildman–Crippen LogP) is 3.63. The van der Waals surface area contributed by atoms with Gasteiger partial charge in [0.2, 0.25) is 5.91 Å². The third kappa shape index (κ3) is 2.48. The molecule has 3 rings (SSSR count). The van der Waals surface area contributed by atoms with Gasteiger partial charge in [-0.15, -0.1) is 23.1 Å². The Bertz CT molecular complexity index is 506. The summed E-state index contributed by atoms with van der Waals surface area (Å²) < 4.78 is 0. The lowest BCUT2D eigenvalue weighted by atomic mass is 10.2. The molecule has 1 saturated heterocycles. The van der Waals surface area contributed by atoms with E-state index in [2.05, 4.69) is 16.8 Å². The molecule has 18 heavy (non-hydrogen) atoms. The number of hydrogen-bond donors (Lipinski definition) is 0. The Balaban J connectivity index is 1.73. The molecule has 2 nitrogen and oxygen atoms in total. The maximum atomic E-state index is 12.3. The van der Waals surface area contributed by atoms with Gasteiger partial charge in [-0.1, -0.05) is 6.07 Å². The van der Waals surface area contributed by atoms with Gasteiger partial charge in [0.25, 0.3) is 0 Å². The standard InChI is InChI=1S/C13H13NOS3/c15-12(8-11-2-1-5-17-11)14-4-7-18-13(14)10-3-6-16-9-10/h1-3,5-6,9,13H,4,7-8H2/t13-/m1/s1. The first kappa shape index (κ1) is 12.3. The van der Waals surface area contributed by atoms with Crippen LogP contribution < -0.4 is 0 Å². The average Bonchev–Trinajstić information content (AvgIpc) is 3.11. The zero-order valence-electron chi connectivity index (χ0n) is 9.74. The summed E-state index contributed by atoms with van der Waals surface area (Å²) in [5, 5.41) is 6.48. The van der Waals surface area contributed by atoms with Crippen LogP contribution in [0.1, 0.15) is 15.8 Å². The molecule has 0 bridgehead atoms. The Morgan fingerprint density at radius 1 is 1.39 bits per heavy atom. The van der Waals surface area contributed by atoms with Gasteiger partial charge in [-0.2, -0.15) is 11.3 Å². The van der Waals surface area contributed by atoms with Crippen molar-refractivity contribution in [3.8, 4) is 0 Å². The number of carbonyl (C=O) groups is 1. The molecule has 0 saturated carbocycles. The van der Waals surface area contributed by atoms with Crippen LogP contribution in [0, 0.1) is 0 Å². The van der Waals surface area contributed by atoms with Crippen molar-refractivity contribution in [1.29, 1.82) is 0 Å². The van der Waals surface area contributed by atoms with Crippen molar-refractivity contribution < 1.29 is 4.79 Å². The Hall–Kier alpha value is -0.780. The number of rotatable bonds is 3. The Labute approximate surface area is 119 Å². The second kappa shape index (κ2) is 5.47. The van der Waals surface area contributed by atoms with Gasteiger partial charge in [0, 0.05) is 17.2 Å². The van der Waals surface area contributed by atoms with Crippen LogP contribution in [0.15, 0.2) is 34.3 Å². The van der Waals surface area contributed by atoms with Crippen LogP contribution >= 0.6 is 34.4 Å². The number of thiophene rings is 2. The maximum absolute atomic E-state index is 12.3. The highest BCUT2D eigenvalue weighted by Crippen LogP contribution is 2.39. The minimum atomic E-state index is 0.226. The molecule has 0 radical (unpaired) electrons.